The maximum absolute atomic E-state index is 12.7. The van der Waals surface area contributed by atoms with Crippen LogP contribution in [0.3, 0.4) is 0 Å². The molecule has 1 saturated heterocycles. The Labute approximate surface area is 155 Å². The van der Waals surface area contributed by atoms with Crippen LogP contribution in [0.1, 0.15) is 39.1 Å². The first-order valence-electron chi connectivity index (χ1n) is 8.31. The van der Waals surface area contributed by atoms with Gasteiger partial charge in [0.05, 0.1) is 5.56 Å². The third-order valence-corrected chi connectivity index (χ3v) is 4.95. The normalized spacial score (nSPS) is 15.0. The third kappa shape index (κ3) is 4.25. The third-order valence-electron chi connectivity index (χ3n) is 4.46. The Morgan fingerprint density at radius 1 is 1.24 bits per heavy atom. The molecule has 0 aliphatic carbocycles. The van der Waals surface area contributed by atoms with Gasteiger partial charge < -0.3 is 10.2 Å². The fraction of sp³-hybridized carbons (Fsp3) is 0.316. The van der Waals surface area contributed by atoms with Gasteiger partial charge in [-0.2, -0.15) is 0 Å². The van der Waals surface area contributed by atoms with Gasteiger partial charge in [-0.1, -0.05) is 15.9 Å². The van der Waals surface area contributed by atoms with Crippen molar-refractivity contribution >= 4 is 27.7 Å². The molecule has 1 aliphatic heterocycles. The van der Waals surface area contributed by atoms with Crippen LogP contribution in [0.15, 0.2) is 47.2 Å². The van der Waals surface area contributed by atoms with Crippen molar-refractivity contribution in [2.45, 2.75) is 25.8 Å². The van der Waals surface area contributed by atoms with Crippen LogP contribution in [0.25, 0.3) is 0 Å². The van der Waals surface area contributed by atoms with E-state index in [0.29, 0.717) is 18.7 Å². The zero-order valence-electron chi connectivity index (χ0n) is 14.0. The van der Waals surface area contributed by atoms with Gasteiger partial charge in [-0.25, -0.2) is 0 Å². The van der Waals surface area contributed by atoms with Crippen LogP contribution in [0.5, 0.6) is 0 Å². The summed E-state index contributed by atoms with van der Waals surface area (Å²) in [4.78, 5) is 30.7. The van der Waals surface area contributed by atoms with E-state index in [1.54, 1.807) is 24.5 Å². The minimum Gasteiger partial charge on any atom is -0.349 e. The summed E-state index contributed by atoms with van der Waals surface area (Å²) in [5, 5.41) is 3.03. The number of hydrogen-bond acceptors (Lipinski definition) is 3. The molecule has 1 fully saturated rings. The largest absolute Gasteiger partial charge is 0.349 e. The molecule has 1 aromatic heterocycles. The van der Waals surface area contributed by atoms with E-state index in [-0.39, 0.29) is 17.9 Å². The number of hydrogen-bond donors (Lipinski definition) is 1. The fourth-order valence-electron chi connectivity index (χ4n) is 3.03. The second-order valence-electron chi connectivity index (χ2n) is 6.24. The molecule has 25 heavy (non-hydrogen) atoms. The number of amides is 2. The number of halogens is 1. The SMILES string of the molecule is Cc1cc(Br)ccc1C(=O)N1CCC(NC(=O)c2cccnc2)CC1. The summed E-state index contributed by atoms with van der Waals surface area (Å²) in [5.41, 5.74) is 2.26. The highest BCUT2D eigenvalue weighted by molar-refractivity contribution is 9.10. The summed E-state index contributed by atoms with van der Waals surface area (Å²) >= 11 is 3.42. The molecule has 0 unspecified atom stereocenters. The second-order valence-corrected chi connectivity index (χ2v) is 7.16. The van der Waals surface area contributed by atoms with Crippen molar-refractivity contribution in [3.05, 3.63) is 63.9 Å². The van der Waals surface area contributed by atoms with Gasteiger partial charge in [0.1, 0.15) is 0 Å². The molecule has 0 atom stereocenters. The van der Waals surface area contributed by atoms with Crippen LogP contribution in [0.2, 0.25) is 0 Å². The van der Waals surface area contributed by atoms with Crippen molar-refractivity contribution in [2.24, 2.45) is 0 Å². The zero-order chi connectivity index (χ0) is 17.8. The number of nitrogens with zero attached hydrogens (tertiary/aromatic N) is 2. The predicted molar refractivity (Wildman–Crippen MR) is 99.5 cm³/mol. The minimum atomic E-state index is -0.110. The summed E-state index contributed by atoms with van der Waals surface area (Å²) in [7, 11) is 0. The van der Waals surface area contributed by atoms with Gasteiger partial charge in [0.15, 0.2) is 0 Å². The van der Waals surface area contributed by atoms with Crippen LogP contribution < -0.4 is 5.32 Å². The molecule has 2 amide bonds. The zero-order valence-corrected chi connectivity index (χ0v) is 15.6. The molecule has 3 rings (SSSR count). The molecule has 0 radical (unpaired) electrons. The molecule has 1 aromatic carbocycles. The average Bonchev–Trinajstić information content (AvgIpc) is 2.62. The van der Waals surface area contributed by atoms with Crippen molar-refractivity contribution in [3.63, 3.8) is 0 Å². The Hall–Kier alpha value is -2.21. The summed E-state index contributed by atoms with van der Waals surface area (Å²) < 4.78 is 0.971. The highest BCUT2D eigenvalue weighted by Crippen LogP contribution is 2.20. The average molecular weight is 402 g/mol. The Morgan fingerprint density at radius 2 is 2.00 bits per heavy atom. The number of carbonyl (C=O) groups excluding carboxylic acids is 2. The van der Waals surface area contributed by atoms with Crippen molar-refractivity contribution in [1.82, 2.24) is 15.2 Å². The maximum atomic E-state index is 12.7. The summed E-state index contributed by atoms with van der Waals surface area (Å²) in [6.45, 7) is 3.23. The highest BCUT2D eigenvalue weighted by Gasteiger charge is 2.25. The van der Waals surface area contributed by atoms with Gasteiger partial charge in [-0.15, -0.1) is 0 Å². The van der Waals surface area contributed by atoms with Crippen LogP contribution >= 0.6 is 15.9 Å². The van der Waals surface area contributed by atoms with Gasteiger partial charge in [0.2, 0.25) is 0 Å². The molecule has 0 saturated carbocycles. The standard InChI is InChI=1S/C19H20BrN3O2/c1-13-11-15(20)4-5-17(13)19(25)23-9-6-16(7-10-23)22-18(24)14-3-2-8-21-12-14/h2-5,8,11-12,16H,6-7,9-10H2,1H3,(H,22,24). The molecule has 1 N–H and O–H groups in total. The maximum Gasteiger partial charge on any atom is 0.254 e. The van der Waals surface area contributed by atoms with E-state index in [4.69, 9.17) is 0 Å². The molecule has 0 spiro atoms. The number of rotatable bonds is 3. The number of carbonyl (C=O) groups is 2. The first-order chi connectivity index (χ1) is 12.0. The van der Waals surface area contributed by atoms with Crippen LogP contribution in [-0.2, 0) is 0 Å². The summed E-state index contributed by atoms with van der Waals surface area (Å²) in [6, 6.07) is 9.28. The number of aromatic nitrogens is 1. The molecule has 2 heterocycles. The van der Waals surface area contributed by atoms with E-state index < -0.39 is 0 Å². The van der Waals surface area contributed by atoms with Crippen molar-refractivity contribution in [1.29, 1.82) is 0 Å². The number of pyridine rings is 1. The van der Waals surface area contributed by atoms with E-state index in [1.807, 2.05) is 30.0 Å². The van der Waals surface area contributed by atoms with Gasteiger partial charge in [0, 0.05) is 41.6 Å². The lowest BCUT2D eigenvalue weighted by Crippen LogP contribution is -2.46. The lowest BCUT2D eigenvalue weighted by molar-refractivity contribution is 0.0697. The lowest BCUT2D eigenvalue weighted by Gasteiger charge is -2.32. The molecule has 2 aromatic rings. The predicted octanol–water partition coefficient (Wildman–Crippen LogP) is 3.19. The summed E-state index contributed by atoms with van der Waals surface area (Å²) in [5.74, 6) is -0.0522. The minimum absolute atomic E-state index is 0.0574. The van der Waals surface area contributed by atoms with Gasteiger partial charge in [0.25, 0.3) is 11.8 Å². The lowest BCUT2D eigenvalue weighted by atomic mass is 10.0. The van der Waals surface area contributed by atoms with Crippen LogP contribution in [0.4, 0.5) is 0 Å². The number of benzene rings is 1. The molecular weight excluding hydrogens is 382 g/mol. The van der Waals surface area contributed by atoms with Crippen molar-refractivity contribution in [3.8, 4) is 0 Å². The van der Waals surface area contributed by atoms with Gasteiger partial charge in [-0.05, 0) is 55.7 Å². The van der Waals surface area contributed by atoms with E-state index >= 15 is 0 Å². The van der Waals surface area contributed by atoms with E-state index in [2.05, 4.69) is 26.2 Å². The van der Waals surface area contributed by atoms with Crippen LogP contribution in [0, 0.1) is 6.92 Å². The number of nitrogens with one attached hydrogen (secondary N) is 1. The number of piperidine rings is 1. The molecule has 1 aliphatic rings. The van der Waals surface area contributed by atoms with Gasteiger partial charge >= 0.3 is 0 Å². The summed E-state index contributed by atoms with van der Waals surface area (Å²) in [6.07, 6.45) is 4.72. The Balaban J connectivity index is 1.56. The molecule has 0 bridgehead atoms. The Bertz CT molecular complexity index is 771. The first kappa shape index (κ1) is 17.6. The Morgan fingerprint density at radius 3 is 2.64 bits per heavy atom. The van der Waals surface area contributed by atoms with E-state index in [9.17, 15) is 9.59 Å². The monoisotopic (exact) mass is 401 g/mol. The fourth-order valence-corrected chi connectivity index (χ4v) is 3.51. The molecule has 5 nitrogen and oxygen atoms in total. The Kier molecular flexibility index (Phi) is 5.48. The number of likely N-dealkylation sites (tertiary alicyclic amines) is 1. The van der Waals surface area contributed by atoms with E-state index in [1.165, 1.54) is 0 Å². The molecular formula is C19H20BrN3O2. The quantitative estimate of drug-likeness (QED) is 0.858. The highest BCUT2D eigenvalue weighted by atomic mass is 79.9. The van der Waals surface area contributed by atoms with Crippen molar-refractivity contribution in [2.75, 3.05) is 13.1 Å². The molecule has 6 heteroatoms. The van der Waals surface area contributed by atoms with Gasteiger partial charge in [-0.3, -0.25) is 14.6 Å². The smallest absolute Gasteiger partial charge is 0.254 e. The van der Waals surface area contributed by atoms with Crippen LogP contribution in [-0.4, -0.2) is 40.8 Å². The topological polar surface area (TPSA) is 62.3 Å². The number of aryl methyl sites for hydroxylation is 1. The first-order valence-corrected chi connectivity index (χ1v) is 9.10. The van der Waals surface area contributed by atoms with E-state index in [0.717, 1.165) is 28.4 Å². The van der Waals surface area contributed by atoms with Crippen molar-refractivity contribution < 1.29 is 9.59 Å². The second kappa shape index (κ2) is 7.78. The molecule has 130 valence electrons.